The van der Waals surface area contributed by atoms with Crippen LogP contribution in [-0.2, 0) is 10.2 Å². The number of hydrogen-bond donors (Lipinski definition) is 4. The lowest BCUT2D eigenvalue weighted by Gasteiger charge is -2.05. The summed E-state index contributed by atoms with van der Waals surface area (Å²) in [6.45, 7) is 1.62. The van der Waals surface area contributed by atoms with Gasteiger partial charge in [-0.05, 0) is 13.0 Å². The van der Waals surface area contributed by atoms with E-state index in [1.54, 1.807) is 6.92 Å². The van der Waals surface area contributed by atoms with Crippen molar-refractivity contribution in [2.45, 2.75) is 11.8 Å². The number of rotatable bonds is 3. The summed E-state index contributed by atoms with van der Waals surface area (Å²) in [5, 5.41) is 6.20. The average Bonchev–Trinajstić information content (AvgIpc) is 3.03. The Hall–Kier alpha value is -2.69. The highest BCUT2D eigenvalue weighted by Crippen LogP contribution is 2.13. The van der Waals surface area contributed by atoms with Crippen molar-refractivity contribution in [3.63, 3.8) is 0 Å². The summed E-state index contributed by atoms with van der Waals surface area (Å²) in [4.78, 5) is 24.9. The van der Waals surface area contributed by atoms with Crippen LogP contribution in [0.1, 0.15) is 26.5 Å². The number of nitrogens with one attached hydrogen (secondary N) is 4. The van der Waals surface area contributed by atoms with Gasteiger partial charge in [0.05, 0.1) is 11.8 Å². The molecular weight excluding hydrogens is 305 g/mol. The summed E-state index contributed by atoms with van der Waals surface area (Å²) in [6.07, 6.45) is 2.10. The summed E-state index contributed by atoms with van der Waals surface area (Å²) in [5.74, 6) is -1.45. The molecular formula is C10H10FN5O4S. The van der Waals surface area contributed by atoms with Gasteiger partial charge in [-0.1, -0.05) is 0 Å². The highest BCUT2D eigenvalue weighted by molar-refractivity contribution is 7.86. The van der Waals surface area contributed by atoms with Gasteiger partial charge >= 0.3 is 10.2 Å². The van der Waals surface area contributed by atoms with Crippen molar-refractivity contribution in [1.29, 1.82) is 0 Å². The molecule has 2 aromatic rings. The van der Waals surface area contributed by atoms with Crippen LogP contribution in [0.2, 0.25) is 0 Å². The summed E-state index contributed by atoms with van der Waals surface area (Å²) < 4.78 is 33.9. The maximum absolute atomic E-state index is 12.7. The molecule has 0 spiro atoms. The highest BCUT2D eigenvalue weighted by atomic mass is 32.3. The fraction of sp³-hybridized carbons (Fsp3) is 0.100. The summed E-state index contributed by atoms with van der Waals surface area (Å²) >= 11 is 0. The Morgan fingerprint density at radius 2 is 1.95 bits per heavy atom. The standard InChI is InChI=1S/C10H10FN5O4S/c1-5-7(4-13-14-5)9(17)15-16-10(18)8-2-6(3-12-8)21(11,19)20/h2-4,12H,1H3,(H,13,14)(H,15,17)(H,16,18). The van der Waals surface area contributed by atoms with Crippen molar-refractivity contribution in [2.24, 2.45) is 0 Å². The lowest BCUT2D eigenvalue weighted by atomic mass is 10.2. The molecule has 2 rings (SSSR count). The molecule has 11 heteroatoms. The zero-order chi connectivity index (χ0) is 15.6. The molecule has 0 saturated carbocycles. The fourth-order valence-corrected chi connectivity index (χ4v) is 1.93. The minimum Gasteiger partial charge on any atom is -0.356 e. The Morgan fingerprint density at radius 3 is 2.48 bits per heavy atom. The first-order valence-electron chi connectivity index (χ1n) is 5.53. The maximum atomic E-state index is 12.7. The third-order valence-electron chi connectivity index (χ3n) is 2.55. The number of aromatic amines is 2. The van der Waals surface area contributed by atoms with E-state index in [1.165, 1.54) is 6.20 Å². The molecule has 2 heterocycles. The van der Waals surface area contributed by atoms with Crippen LogP contribution in [0.4, 0.5) is 3.89 Å². The maximum Gasteiger partial charge on any atom is 0.333 e. The second kappa shape index (κ2) is 5.36. The summed E-state index contributed by atoms with van der Waals surface area (Å²) in [5.41, 5.74) is 4.67. The Labute approximate surface area is 118 Å². The first-order valence-corrected chi connectivity index (χ1v) is 6.91. The molecule has 0 aliphatic carbocycles. The van der Waals surface area contributed by atoms with Crippen LogP contribution in [0.3, 0.4) is 0 Å². The SMILES string of the molecule is Cc1[nH]ncc1C(=O)NNC(=O)c1cc(S(=O)(=O)F)c[nH]1. The largest absolute Gasteiger partial charge is 0.356 e. The van der Waals surface area contributed by atoms with Crippen LogP contribution in [0, 0.1) is 6.92 Å². The molecule has 9 nitrogen and oxygen atoms in total. The Morgan fingerprint density at radius 1 is 1.29 bits per heavy atom. The van der Waals surface area contributed by atoms with Gasteiger partial charge in [-0.15, -0.1) is 3.89 Å². The predicted octanol–water partition coefficient (Wildman–Crippen LogP) is -0.221. The molecule has 0 aromatic carbocycles. The molecule has 112 valence electrons. The molecule has 0 aliphatic heterocycles. The van der Waals surface area contributed by atoms with E-state index in [4.69, 9.17) is 0 Å². The molecule has 0 bridgehead atoms. The van der Waals surface area contributed by atoms with Gasteiger partial charge in [0.2, 0.25) is 0 Å². The topological polar surface area (TPSA) is 137 Å². The molecule has 2 aromatic heterocycles. The number of hydrogen-bond acceptors (Lipinski definition) is 5. The van der Waals surface area contributed by atoms with Crippen molar-refractivity contribution in [3.8, 4) is 0 Å². The average molecular weight is 315 g/mol. The first-order chi connectivity index (χ1) is 9.79. The third-order valence-corrected chi connectivity index (χ3v) is 3.35. The number of carbonyl (C=O) groups excluding carboxylic acids is 2. The van der Waals surface area contributed by atoms with Gasteiger partial charge in [0.25, 0.3) is 11.8 Å². The number of hydrazine groups is 1. The number of halogens is 1. The van der Waals surface area contributed by atoms with Gasteiger partial charge < -0.3 is 4.98 Å². The highest BCUT2D eigenvalue weighted by Gasteiger charge is 2.18. The number of H-pyrrole nitrogens is 2. The molecule has 21 heavy (non-hydrogen) atoms. The van der Waals surface area contributed by atoms with Crippen LogP contribution >= 0.6 is 0 Å². The Bertz CT molecular complexity index is 794. The quantitative estimate of drug-likeness (QED) is 0.458. The van der Waals surface area contributed by atoms with Crippen molar-refractivity contribution in [2.75, 3.05) is 0 Å². The van der Waals surface area contributed by atoms with Crippen LogP contribution in [0.25, 0.3) is 0 Å². The molecule has 0 saturated heterocycles. The molecule has 0 radical (unpaired) electrons. The van der Waals surface area contributed by atoms with Gasteiger partial charge in [0, 0.05) is 11.9 Å². The number of amides is 2. The van der Waals surface area contributed by atoms with E-state index in [0.29, 0.717) is 5.69 Å². The smallest absolute Gasteiger partial charge is 0.333 e. The van der Waals surface area contributed by atoms with Crippen LogP contribution in [0.15, 0.2) is 23.4 Å². The molecule has 0 atom stereocenters. The number of aryl methyl sites for hydroxylation is 1. The van der Waals surface area contributed by atoms with E-state index >= 15 is 0 Å². The van der Waals surface area contributed by atoms with Crippen LogP contribution in [0.5, 0.6) is 0 Å². The fourth-order valence-electron chi connectivity index (χ4n) is 1.47. The summed E-state index contributed by atoms with van der Waals surface area (Å²) in [6, 6.07) is 0.805. The van der Waals surface area contributed by atoms with Crippen molar-refractivity contribution >= 4 is 22.0 Å². The van der Waals surface area contributed by atoms with Gasteiger partial charge in [-0.25, -0.2) is 0 Å². The van der Waals surface area contributed by atoms with E-state index in [9.17, 15) is 21.9 Å². The number of aromatic nitrogens is 3. The molecule has 0 aliphatic rings. The minimum atomic E-state index is -4.90. The number of carbonyl (C=O) groups is 2. The van der Waals surface area contributed by atoms with E-state index in [0.717, 1.165) is 12.3 Å². The minimum absolute atomic E-state index is 0.226. The normalized spacial score (nSPS) is 11.1. The predicted molar refractivity (Wildman–Crippen MR) is 67.3 cm³/mol. The third kappa shape index (κ3) is 3.25. The molecule has 4 N–H and O–H groups in total. The molecule has 0 unspecified atom stereocenters. The van der Waals surface area contributed by atoms with Crippen molar-refractivity contribution in [3.05, 3.63) is 35.4 Å². The Kier molecular flexibility index (Phi) is 3.76. The van der Waals surface area contributed by atoms with E-state index < -0.39 is 26.9 Å². The monoisotopic (exact) mass is 315 g/mol. The van der Waals surface area contributed by atoms with Gasteiger partial charge in [-0.3, -0.25) is 25.5 Å². The van der Waals surface area contributed by atoms with Crippen LogP contribution < -0.4 is 10.9 Å². The summed E-state index contributed by atoms with van der Waals surface area (Å²) in [7, 11) is -4.90. The van der Waals surface area contributed by atoms with Crippen molar-refractivity contribution < 1.29 is 21.9 Å². The lowest BCUT2D eigenvalue weighted by molar-refractivity contribution is 0.0844. The van der Waals surface area contributed by atoms with E-state index in [1.807, 2.05) is 0 Å². The number of nitrogens with zero attached hydrogens (tertiary/aromatic N) is 1. The zero-order valence-electron chi connectivity index (χ0n) is 10.6. The second-order valence-electron chi connectivity index (χ2n) is 4.00. The van der Waals surface area contributed by atoms with Crippen LogP contribution in [-0.4, -0.2) is 35.4 Å². The van der Waals surface area contributed by atoms with Gasteiger partial charge in [0.15, 0.2) is 0 Å². The zero-order valence-corrected chi connectivity index (χ0v) is 11.4. The van der Waals surface area contributed by atoms with Crippen molar-refractivity contribution in [1.82, 2.24) is 26.0 Å². The molecule has 2 amide bonds. The molecule has 0 fully saturated rings. The Balaban J connectivity index is 2.01. The lowest BCUT2D eigenvalue weighted by Crippen LogP contribution is -2.41. The second-order valence-corrected chi connectivity index (χ2v) is 5.35. The van der Waals surface area contributed by atoms with Gasteiger partial charge in [-0.2, -0.15) is 13.5 Å². The van der Waals surface area contributed by atoms with Gasteiger partial charge in [0.1, 0.15) is 10.6 Å². The first kappa shape index (κ1) is 14.7. The van der Waals surface area contributed by atoms with E-state index in [2.05, 4.69) is 26.0 Å². The van der Waals surface area contributed by atoms with E-state index in [-0.39, 0.29) is 11.3 Å².